The number of carbonyl (C=O) groups is 1. The molecule has 1 atom stereocenters. The number of aromatic amines is 1. The summed E-state index contributed by atoms with van der Waals surface area (Å²) >= 11 is 0. The number of amides is 1. The van der Waals surface area contributed by atoms with Crippen LogP contribution in [0.1, 0.15) is 43.5 Å². The number of hydrogen-bond donors (Lipinski definition) is 1. The fraction of sp³-hybridized carbons (Fsp3) is 0.526. The maximum absolute atomic E-state index is 11.5. The summed E-state index contributed by atoms with van der Waals surface area (Å²) in [6, 6.07) is 8.36. The van der Waals surface area contributed by atoms with Crippen LogP contribution in [0.4, 0.5) is 0 Å². The molecule has 2 aliphatic rings. The number of benzene rings is 1. The number of nitrogens with zero attached hydrogens (tertiary/aromatic N) is 4. The molecular formula is C19H23N5O. The predicted molar refractivity (Wildman–Crippen MR) is 95.0 cm³/mol. The van der Waals surface area contributed by atoms with Crippen molar-refractivity contribution in [2.75, 3.05) is 26.2 Å². The minimum Gasteiger partial charge on any atom is -0.343 e. The third-order valence-corrected chi connectivity index (χ3v) is 5.66. The summed E-state index contributed by atoms with van der Waals surface area (Å²) in [5, 5.41) is 9.03. The molecule has 1 unspecified atom stereocenters. The second-order valence-electron chi connectivity index (χ2n) is 7.18. The molecule has 1 aromatic carbocycles. The van der Waals surface area contributed by atoms with Crippen LogP contribution >= 0.6 is 0 Å². The minimum absolute atomic E-state index is 0.191. The third-order valence-electron chi connectivity index (χ3n) is 5.66. The molecule has 3 heterocycles. The molecule has 2 fully saturated rings. The van der Waals surface area contributed by atoms with Crippen molar-refractivity contribution in [3.8, 4) is 6.07 Å². The van der Waals surface area contributed by atoms with E-state index in [1.54, 1.807) is 6.92 Å². The number of fused-ring (bicyclic) bond motifs is 1. The van der Waals surface area contributed by atoms with Gasteiger partial charge in [0.05, 0.1) is 22.7 Å². The number of nitrogens with one attached hydrogen (secondary N) is 1. The Morgan fingerprint density at radius 1 is 1.28 bits per heavy atom. The Kier molecular flexibility index (Phi) is 4.18. The second-order valence-corrected chi connectivity index (χ2v) is 7.18. The molecule has 2 aromatic rings. The summed E-state index contributed by atoms with van der Waals surface area (Å²) < 4.78 is 0. The monoisotopic (exact) mass is 337 g/mol. The molecule has 2 saturated heterocycles. The van der Waals surface area contributed by atoms with Crippen LogP contribution in [0.25, 0.3) is 11.0 Å². The standard InChI is InChI=1S/C19H23N5O/c1-13(25)23-8-5-16(6-9-23)24-7-4-15(12-24)19-21-17-3-2-14(11-20)10-18(17)22-19/h2-3,10,15-16H,4-9,12H2,1H3,(H,21,22). The number of likely N-dealkylation sites (tertiary alicyclic amines) is 2. The highest BCUT2D eigenvalue weighted by Crippen LogP contribution is 2.30. The number of carbonyl (C=O) groups excluding carboxylic acids is 1. The van der Waals surface area contributed by atoms with Crippen molar-refractivity contribution in [3.63, 3.8) is 0 Å². The first-order chi connectivity index (χ1) is 12.1. The highest BCUT2D eigenvalue weighted by atomic mass is 16.2. The second kappa shape index (κ2) is 6.49. The minimum atomic E-state index is 0.191. The van der Waals surface area contributed by atoms with E-state index in [9.17, 15) is 4.79 Å². The Morgan fingerprint density at radius 2 is 2.08 bits per heavy atom. The van der Waals surface area contributed by atoms with E-state index in [1.807, 2.05) is 23.1 Å². The first kappa shape index (κ1) is 16.1. The molecule has 6 heteroatoms. The zero-order valence-electron chi connectivity index (χ0n) is 14.5. The van der Waals surface area contributed by atoms with Crippen molar-refractivity contribution in [2.45, 2.75) is 38.1 Å². The molecular weight excluding hydrogens is 314 g/mol. The lowest BCUT2D eigenvalue weighted by molar-refractivity contribution is -0.130. The van der Waals surface area contributed by atoms with Crippen molar-refractivity contribution in [1.29, 1.82) is 5.26 Å². The van der Waals surface area contributed by atoms with E-state index >= 15 is 0 Å². The van der Waals surface area contributed by atoms with Gasteiger partial charge in [-0.05, 0) is 44.0 Å². The molecule has 0 radical (unpaired) electrons. The number of hydrogen-bond acceptors (Lipinski definition) is 4. The Balaban J connectivity index is 1.42. The lowest BCUT2D eigenvalue weighted by atomic mass is 10.0. The highest BCUT2D eigenvalue weighted by Gasteiger charge is 2.32. The smallest absolute Gasteiger partial charge is 0.219 e. The SMILES string of the molecule is CC(=O)N1CCC(N2CCC(c3nc4ccc(C#N)cc4[nH]3)C2)CC1. The number of rotatable bonds is 2. The van der Waals surface area contributed by atoms with Gasteiger partial charge in [0.25, 0.3) is 0 Å². The van der Waals surface area contributed by atoms with Crippen molar-refractivity contribution in [3.05, 3.63) is 29.6 Å². The van der Waals surface area contributed by atoms with E-state index in [-0.39, 0.29) is 5.91 Å². The fourth-order valence-electron chi connectivity index (χ4n) is 4.18. The number of imidazole rings is 1. The first-order valence-electron chi connectivity index (χ1n) is 9.03. The van der Waals surface area contributed by atoms with Crippen LogP contribution in [0.2, 0.25) is 0 Å². The average Bonchev–Trinajstić information content (AvgIpc) is 3.27. The van der Waals surface area contributed by atoms with E-state index in [2.05, 4.69) is 16.0 Å². The Bertz CT molecular complexity index is 828. The van der Waals surface area contributed by atoms with Crippen LogP contribution in [0.5, 0.6) is 0 Å². The number of nitriles is 1. The van der Waals surface area contributed by atoms with Gasteiger partial charge in [-0.25, -0.2) is 4.98 Å². The van der Waals surface area contributed by atoms with Crippen molar-refractivity contribution in [2.24, 2.45) is 0 Å². The molecule has 6 nitrogen and oxygen atoms in total. The molecule has 1 aromatic heterocycles. The van der Waals surface area contributed by atoms with Gasteiger partial charge in [0.15, 0.2) is 0 Å². The van der Waals surface area contributed by atoms with Crippen molar-refractivity contribution >= 4 is 16.9 Å². The van der Waals surface area contributed by atoms with Gasteiger partial charge in [0.1, 0.15) is 5.82 Å². The molecule has 0 aliphatic carbocycles. The molecule has 1 N–H and O–H groups in total. The molecule has 0 spiro atoms. The van der Waals surface area contributed by atoms with Gasteiger partial charge in [-0.1, -0.05) is 0 Å². The molecule has 0 saturated carbocycles. The summed E-state index contributed by atoms with van der Waals surface area (Å²) in [5.74, 6) is 1.65. The molecule has 130 valence electrons. The van der Waals surface area contributed by atoms with Gasteiger partial charge in [-0.2, -0.15) is 5.26 Å². The summed E-state index contributed by atoms with van der Waals surface area (Å²) in [5.41, 5.74) is 2.54. The molecule has 0 bridgehead atoms. The average molecular weight is 337 g/mol. The Labute approximate surface area is 147 Å². The zero-order valence-corrected chi connectivity index (χ0v) is 14.5. The largest absolute Gasteiger partial charge is 0.343 e. The Morgan fingerprint density at radius 3 is 2.80 bits per heavy atom. The molecule has 1 amide bonds. The van der Waals surface area contributed by atoms with E-state index in [0.29, 0.717) is 17.5 Å². The molecule has 25 heavy (non-hydrogen) atoms. The number of aromatic nitrogens is 2. The Hall–Kier alpha value is -2.39. The summed E-state index contributed by atoms with van der Waals surface area (Å²) in [7, 11) is 0. The highest BCUT2D eigenvalue weighted by molar-refractivity contribution is 5.76. The predicted octanol–water partition coefficient (Wildman–Crippen LogP) is 2.23. The maximum atomic E-state index is 11.5. The van der Waals surface area contributed by atoms with Gasteiger partial charge in [0, 0.05) is 38.5 Å². The lowest BCUT2D eigenvalue weighted by Crippen LogP contribution is -2.45. The van der Waals surface area contributed by atoms with Crippen LogP contribution in [0.15, 0.2) is 18.2 Å². The number of H-pyrrole nitrogens is 1. The van der Waals surface area contributed by atoms with Gasteiger partial charge in [0.2, 0.25) is 5.91 Å². The third kappa shape index (κ3) is 3.12. The van der Waals surface area contributed by atoms with Gasteiger partial charge >= 0.3 is 0 Å². The normalized spacial score (nSPS) is 22.4. The number of piperidine rings is 1. The summed E-state index contributed by atoms with van der Waals surface area (Å²) in [6.07, 6.45) is 3.24. The van der Waals surface area contributed by atoms with E-state index in [4.69, 9.17) is 10.2 Å². The van der Waals surface area contributed by atoms with E-state index in [0.717, 1.165) is 62.3 Å². The van der Waals surface area contributed by atoms with Gasteiger partial charge in [-0.15, -0.1) is 0 Å². The first-order valence-corrected chi connectivity index (χ1v) is 9.03. The van der Waals surface area contributed by atoms with Crippen LogP contribution in [-0.2, 0) is 4.79 Å². The molecule has 4 rings (SSSR count). The zero-order chi connectivity index (χ0) is 17.4. The molecule has 2 aliphatic heterocycles. The van der Waals surface area contributed by atoms with Gasteiger partial charge < -0.3 is 9.88 Å². The quantitative estimate of drug-likeness (QED) is 0.912. The van der Waals surface area contributed by atoms with Crippen LogP contribution in [0, 0.1) is 11.3 Å². The van der Waals surface area contributed by atoms with Gasteiger partial charge in [-0.3, -0.25) is 9.69 Å². The van der Waals surface area contributed by atoms with Crippen LogP contribution in [0.3, 0.4) is 0 Å². The maximum Gasteiger partial charge on any atom is 0.219 e. The summed E-state index contributed by atoms with van der Waals surface area (Å²) in [6.45, 7) is 5.53. The van der Waals surface area contributed by atoms with Crippen LogP contribution < -0.4 is 0 Å². The van der Waals surface area contributed by atoms with Crippen molar-refractivity contribution < 1.29 is 4.79 Å². The fourth-order valence-corrected chi connectivity index (χ4v) is 4.18. The van der Waals surface area contributed by atoms with Crippen LogP contribution in [-0.4, -0.2) is 57.9 Å². The van der Waals surface area contributed by atoms with Crippen molar-refractivity contribution in [1.82, 2.24) is 19.8 Å². The van der Waals surface area contributed by atoms with E-state index in [1.165, 1.54) is 0 Å². The topological polar surface area (TPSA) is 76.0 Å². The summed E-state index contributed by atoms with van der Waals surface area (Å²) in [4.78, 5) is 24.2. The lowest BCUT2D eigenvalue weighted by Gasteiger charge is -2.36. The van der Waals surface area contributed by atoms with E-state index < -0.39 is 0 Å².